The number of rotatable bonds is 9. The maximum absolute atomic E-state index is 11.7. The number of hydrogen-bond donors (Lipinski definition) is 2. The summed E-state index contributed by atoms with van der Waals surface area (Å²) in [5, 5.41) is 20.0. The molecule has 2 rings (SSSR count). The Kier molecular flexibility index (Phi) is 8.54. The molecular formula is C23H30N4O4. The van der Waals surface area contributed by atoms with E-state index in [1.807, 2.05) is 45.0 Å². The molecule has 0 radical (unpaired) electrons. The summed E-state index contributed by atoms with van der Waals surface area (Å²) < 4.78 is 5.23. The molecule has 1 amide bonds. The first-order valence-corrected chi connectivity index (χ1v) is 10.2. The van der Waals surface area contributed by atoms with E-state index in [0.29, 0.717) is 17.9 Å². The van der Waals surface area contributed by atoms with Crippen molar-refractivity contribution in [3.8, 4) is 0 Å². The second-order valence-electron chi connectivity index (χ2n) is 7.93. The number of carbonyl (C=O) groups excluding carboxylic acids is 1. The van der Waals surface area contributed by atoms with Crippen molar-refractivity contribution in [3.05, 3.63) is 54.1 Å². The summed E-state index contributed by atoms with van der Waals surface area (Å²) in [6.45, 7) is 9.76. The number of aromatic carboxylic acids is 1. The van der Waals surface area contributed by atoms with Gasteiger partial charge in [0.2, 0.25) is 0 Å². The molecule has 0 saturated heterocycles. The molecule has 2 aromatic carbocycles. The summed E-state index contributed by atoms with van der Waals surface area (Å²) in [4.78, 5) is 24.8. The van der Waals surface area contributed by atoms with Gasteiger partial charge in [0.1, 0.15) is 5.60 Å². The first-order valence-electron chi connectivity index (χ1n) is 10.2. The van der Waals surface area contributed by atoms with Crippen molar-refractivity contribution in [2.24, 2.45) is 10.2 Å². The average Bonchev–Trinajstić information content (AvgIpc) is 2.72. The van der Waals surface area contributed by atoms with Crippen LogP contribution in [-0.2, 0) is 4.74 Å². The van der Waals surface area contributed by atoms with Crippen LogP contribution in [0.1, 0.15) is 44.5 Å². The Hall–Kier alpha value is -3.42. The number of azo groups is 1. The lowest BCUT2D eigenvalue weighted by Crippen LogP contribution is -2.34. The smallest absolute Gasteiger partial charge is 0.407 e. The van der Waals surface area contributed by atoms with Crippen molar-refractivity contribution in [2.45, 2.75) is 39.7 Å². The van der Waals surface area contributed by atoms with Crippen molar-refractivity contribution >= 4 is 29.1 Å². The Morgan fingerprint density at radius 3 is 2.03 bits per heavy atom. The lowest BCUT2D eigenvalue weighted by molar-refractivity contribution is 0.0527. The molecule has 2 N–H and O–H groups in total. The number of nitrogens with one attached hydrogen (secondary N) is 1. The van der Waals surface area contributed by atoms with Gasteiger partial charge < -0.3 is 20.1 Å². The van der Waals surface area contributed by atoms with E-state index in [0.717, 1.165) is 25.2 Å². The summed E-state index contributed by atoms with van der Waals surface area (Å²) >= 11 is 0. The zero-order valence-electron chi connectivity index (χ0n) is 18.5. The van der Waals surface area contributed by atoms with Gasteiger partial charge in [0.15, 0.2) is 0 Å². The minimum atomic E-state index is -0.972. The van der Waals surface area contributed by atoms with Gasteiger partial charge in [0, 0.05) is 25.3 Å². The highest BCUT2D eigenvalue weighted by Gasteiger charge is 2.15. The fourth-order valence-corrected chi connectivity index (χ4v) is 2.76. The van der Waals surface area contributed by atoms with Crippen LogP contribution in [0.25, 0.3) is 0 Å². The molecule has 8 heteroatoms. The monoisotopic (exact) mass is 426 g/mol. The number of nitrogens with zero attached hydrogens (tertiary/aromatic N) is 3. The van der Waals surface area contributed by atoms with Gasteiger partial charge in [0.25, 0.3) is 0 Å². The van der Waals surface area contributed by atoms with Crippen LogP contribution >= 0.6 is 0 Å². The average molecular weight is 427 g/mol. The fraction of sp³-hybridized carbons (Fsp3) is 0.391. The van der Waals surface area contributed by atoms with Crippen LogP contribution in [0.2, 0.25) is 0 Å². The first-order chi connectivity index (χ1) is 14.7. The Bertz CT molecular complexity index is 887. The number of amides is 1. The highest BCUT2D eigenvalue weighted by Crippen LogP contribution is 2.22. The van der Waals surface area contributed by atoms with Crippen molar-refractivity contribution < 1.29 is 19.4 Å². The Balaban J connectivity index is 1.85. The van der Waals surface area contributed by atoms with Crippen molar-refractivity contribution in [1.29, 1.82) is 0 Å². The molecule has 0 aromatic heterocycles. The fourth-order valence-electron chi connectivity index (χ4n) is 2.76. The number of anilines is 1. The number of carboxylic acid groups (broad SMARTS) is 1. The van der Waals surface area contributed by atoms with Gasteiger partial charge in [-0.3, -0.25) is 0 Å². The van der Waals surface area contributed by atoms with E-state index < -0.39 is 17.7 Å². The van der Waals surface area contributed by atoms with E-state index in [2.05, 4.69) is 27.4 Å². The van der Waals surface area contributed by atoms with Gasteiger partial charge in [0.05, 0.1) is 16.9 Å². The third-order valence-corrected chi connectivity index (χ3v) is 4.26. The topological polar surface area (TPSA) is 104 Å². The maximum atomic E-state index is 11.7. The summed E-state index contributed by atoms with van der Waals surface area (Å²) in [6, 6.07) is 13.9. The van der Waals surface area contributed by atoms with Crippen LogP contribution in [0.3, 0.4) is 0 Å². The van der Waals surface area contributed by atoms with E-state index in [-0.39, 0.29) is 5.56 Å². The molecule has 0 aliphatic heterocycles. The number of benzene rings is 2. The van der Waals surface area contributed by atoms with E-state index in [1.54, 1.807) is 12.1 Å². The molecule has 0 aliphatic carbocycles. The molecule has 0 spiro atoms. The highest BCUT2D eigenvalue weighted by molar-refractivity contribution is 5.87. The maximum Gasteiger partial charge on any atom is 0.407 e. The molecule has 0 saturated carbocycles. The number of alkyl carbamates (subject to hydrolysis) is 1. The summed E-state index contributed by atoms with van der Waals surface area (Å²) in [5.74, 6) is -0.972. The molecule has 31 heavy (non-hydrogen) atoms. The lowest BCUT2D eigenvalue weighted by atomic mass is 10.2. The third-order valence-electron chi connectivity index (χ3n) is 4.26. The molecule has 0 aliphatic rings. The largest absolute Gasteiger partial charge is 0.478 e. The second kappa shape index (κ2) is 11.1. The third kappa shape index (κ3) is 8.46. The molecule has 2 aromatic rings. The quantitative estimate of drug-likeness (QED) is 0.405. The van der Waals surface area contributed by atoms with Crippen molar-refractivity contribution in [1.82, 2.24) is 5.32 Å². The normalized spacial score (nSPS) is 11.4. The van der Waals surface area contributed by atoms with Gasteiger partial charge in [-0.1, -0.05) is 0 Å². The summed E-state index contributed by atoms with van der Waals surface area (Å²) in [6.07, 6.45) is 0.392. The molecule has 8 nitrogen and oxygen atoms in total. The molecule has 0 unspecified atom stereocenters. The number of ether oxygens (including phenoxy) is 1. The van der Waals surface area contributed by atoms with Crippen LogP contribution in [0.4, 0.5) is 21.9 Å². The molecule has 0 atom stereocenters. The Morgan fingerprint density at radius 1 is 1.00 bits per heavy atom. The molecule has 166 valence electrons. The molecule has 0 bridgehead atoms. The zero-order valence-corrected chi connectivity index (χ0v) is 18.5. The summed E-state index contributed by atoms with van der Waals surface area (Å²) in [5.41, 5.74) is 2.06. The number of carbonyl (C=O) groups is 2. The van der Waals surface area contributed by atoms with Crippen molar-refractivity contribution in [3.63, 3.8) is 0 Å². The van der Waals surface area contributed by atoms with E-state index in [9.17, 15) is 9.59 Å². The van der Waals surface area contributed by atoms with Crippen LogP contribution in [0.15, 0.2) is 58.8 Å². The van der Waals surface area contributed by atoms with Crippen LogP contribution in [0, 0.1) is 0 Å². The number of hydrogen-bond acceptors (Lipinski definition) is 6. The van der Waals surface area contributed by atoms with E-state index in [1.165, 1.54) is 12.1 Å². The Morgan fingerprint density at radius 2 is 1.55 bits per heavy atom. The van der Waals surface area contributed by atoms with Crippen molar-refractivity contribution in [2.75, 3.05) is 24.5 Å². The SMILES string of the molecule is CCN(CCCNC(=O)OC(C)(C)C)c1ccc(N=Nc2ccc(C(=O)O)cc2)cc1. The molecule has 0 fully saturated rings. The Labute approximate surface area is 182 Å². The second-order valence-corrected chi connectivity index (χ2v) is 7.93. The van der Waals surface area contributed by atoms with Gasteiger partial charge in [-0.15, -0.1) is 0 Å². The molecular weight excluding hydrogens is 396 g/mol. The van der Waals surface area contributed by atoms with Gasteiger partial charge >= 0.3 is 12.1 Å². The van der Waals surface area contributed by atoms with E-state index in [4.69, 9.17) is 9.84 Å². The molecule has 0 heterocycles. The van der Waals surface area contributed by atoms with E-state index >= 15 is 0 Å². The minimum absolute atomic E-state index is 0.212. The zero-order chi connectivity index (χ0) is 22.9. The van der Waals surface area contributed by atoms with Gasteiger partial charge in [-0.25, -0.2) is 9.59 Å². The summed E-state index contributed by atoms with van der Waals surface area (Å²) in [7, 11) is 0. The predicted molar refractivity (Wildman–Crippen MR) is 121 cm³/mol. The minimum Gasteiger partial charge on any atom is -0.478 e. The van der Waals surface area contributed by atoms with Crippen LogP contribution in [-0.4, -0.2) is 42.4 Å². The highest BCUT2D eigenvalue weighted by atomic mass is 16.6. The lowest BCUT2D eigenvalue weighted by Gasteiger charge is -2.23. The van der Waals surface area contributed by atoms with Crippen LogP contribution < -0.4 is 10.2 Å². The standard InChI is InChI=1S/C23H30N4O4/c1-5-27(16-6-15-24-22(30)31-23(2,3)4)20-13-11-19(12-14-20)26-25-18-9-7-17(8-10-18)21(28)29/h7-14H,5-6,15-16H2,1-4H3,(H,24,30)(H,28,29). The first kappa shape index (κ1) is 23.9. The van der Waals surface area contributed by atoms with Crippen LogP contribution in [0.5, 0.6) is 0 Å². The predicted octanol–water partition coefficient (Wildman–Crippen LogP) is 5.54. The van der Waals surface area contributed by atoms with Gasteiger partial charge in [-0.2, -0.15) is 10.2 Å². The number of carboxylic acids is 1. The van der Waals surface area contributed by atoms with Gasteiger partial charge in [-0.05, 0) is 82.6 Å².